The van der Waals surface area contributed by atoms with Gasteiger partial charge < -0.3 is 14.7 Å². The van der Waals surface area contributed by atoms with Crippen LogP contribution in [0.1, 0.15) is 16.8 Å². The molecule has 7 nitrogen and oxygen atoms in total. The lowest BCUT2D eigenvalue weighted by Gasteiger charge is -2.34. The normalized spacial score (nSPS) is 18.9. The zero-order valence-electron chi connectivity index (χ0n) is 11.3. The molecule has 1 saturated heterocycles. The van der Waals surface area contributed by atoms with Crippen molar-refractivity contribution in [1.29, 1.82) is 0 Å². The number of fused-ring (bicyclic) bond motifs is 1. The lowest BCUT2D eigenvalue weighted by atomic mass is 10.1. The highest BCUT2D eigenvalue weighted by Gasteiger charge is 2.30. The number of carbonyl (C=O) groups excluding carboxylic acids is 1. The largest absolute Gasteiger partial charge is 0.481 e. The maximum absolute atomic E-state index is 12.7. The van der Waals surface area contributed by atoms with Gasteiger partial charge in [0.25, 0.3) is 5.91 Å². The summed E-state index contributed by atoms with van der Waals surface area (Å²) in [7, 11) is 0. The number of H-pyrrole nitrogens is 1. The Morgan fingerprint density at radius 3 is 3.14 bits per heavy atom. The van der Waals surface area contributed by atoms with Crippen molar-refractivity contribution in [1.82, 2.24) is 15.1 Å². The van der Waals surface area contributed by atoms with Crippen LogP contribution in [0.5, 0.6) is 0 Å². The molecule has 2 heterocycles. The second-order valence-electron chi connectivity index (χ2n) is 4.96. The molecule has 0 radical (unpaired) electrons. The summed E-state index contributed by atoms with van der Waals surface area (Å²) in [5.74, 6) is -1.14. The smallest absolute Gasteiger partial charge is 0.305 e. The van der Waals surface area contributed by atoms with Crippen molar-refractivity contribution in [2.24, 2.45) is 0 Å². The van der Waals surface area contributed by atoms with Crippen LogP contribution >= 0.6 is 0 Å². The third kappa shape index (κ3) is 2.59. The Kier molecular flexibility index (Phi) is 3.57. The van der Waals surface area contributed by atoms with E-state index in [4.69, 9.17) is 9.84 Å². The molecule has 110 valence electrons. The van der Waals surface area contributed by atoms with Crippen molar-refractivity contribution in [3.8, 4) is 0 Å². The van der Waals surface area contributed by atoms with Gasteiger partial charge in [-0.15, -0.1) is 0 Å². The van der Waals surface area contributed by atoms with Crippen LogP contribution in [0.2, 0.25) is 0 Å². The van der Waals surface area contributed by atoms with Gasteiger partial charge in [-0.1, -0.05) is 12.1 Å². The average Bonchev–Trinajstić information content (AvgIpc) is 2.95. The molecular formula is C14H15N3O4. The van der Waals surface area contributed by atoms with Crippen LogP contribution in [0, 0.1) is 0 Å². The molecule has 0 spiro atoms. The van der Waals surface area contributed by atoms with E-state index in [9.17, 15) is 9.59 Å². The van der Waals surface area contributed by atoms with Gasteiger partial charge >= 0.3 is 5.97 Å². The standard InChI is InChI=1S/C14H15N3O4/c18-12(19)6-10-8-21-5-4-17(10)14(20)11-3-1-2-9-7-15-16-13(9)11/h1-3,7,10H,4-6,8H2,(H,15,16)(H,18,19). The van der Waals surface area contributed by atoms with Crippen LogP contribution in [0.3, 0.4) is 0 Å². The summed E-state index contributed by atoms with van der Waals surface area (Å²) in [5, 5.41) is 16.6. The van der Waals surface area contributed by atoms with E-state index in [1.807, 2.05) is 6.07 Å². The third-order valence-corrected chi connectivity index (χ3v) is 3.61. The van der Waals surface area contributed by atoms with E-state index in [0.717, 1.165) is 5.39 Å². The molecule has 1 aromatic carbocycles. The fourth-order valence-electron chi connectivity index (χ4n) is 2.59. The predicted octanol–water partition coefficient (Wildman–Crippen LogP) is 0.879. The summed E-state index contributed by atoms with van der Waals surface area (Å²) in [6.45, 7) is 1.05. The lowest BCUT2D eigenvalue weighted by molar-refractivity contribution is -0.139. The zero-order chi connectivity index (χ0) is 14.8. The number of para-hydroxylation sites is 1. The second kappa shape index (κ2) is 5.53. The Morgan fingerprint density at radius 1 is 1.48 bits per heavy atom. The van der Waals surface area contributed by atoms with Gasteiger partial charge in [0, 0.05) is 11.9 Å². The first-order valence-electron chi connectivity index (χ1n) is 6.69. The van der Waals surface area contributed by atoms with Crippen molar-refractivity contribution in [2.75, 3.05) is 19.8 Å². The van der Waals surface area contributed by atoms with Crippen molar-refractivity contribution < 1.29 is 19.4 Å². The number of carbonyl (C=O) groups is 2. The molecule has 3 rings (SSSR count). The fraction of sp³-hybridized carbons (Fsp3) is 0.357. The number of hydrogen-bond donors (Lipinski definition) is 2. The van der Waals surface area contributed by atoms with E-state index in [0.29, 0.717) is 24.2 Å². The van der Waals surface area contributed by atoms with E-state index in [-0.39, 0.29) is 18.9 Å². The van der Waals surface area contributed by atoms with E-state index < -0.39 is 12.0 Å². The predicted molar refractivity (Wildman–Crippen MR) is 74.0 cm³/mol. The first kappa shape index (κ1) is 13.6. The summed E-state index contributed by atoms with van der Waals surface area (Å²) in [6, 6.07) is 4.93. The van der Waals surface area contributed by atoms with E-state index in [2.05, 4.69) is 10.2 Å². The van der Waals surface area contributed by atoms with E-state index >= 15 is 0 Å². The van der Waals surface area contributed by atoms with Gasteiger partial charge in [0.1, 0.15) is 0 Å². The maximum Gasteiger partial charge on any atom is 0.305 e. The molecular weight excluding hydrogens is 274 g/mol. The summed E-state index contributed by atoms with van der Waals surface area (Å²) in [5.41, 5.74) is 1.17. The minimum Gasteiger partial charge on any atom is -0.481 e. The molecule has 1 aliphatic rings. The third-order valence-electron chi connectivity index (χ3n) is 3.61. The molecule has 2 N–H and O–H groups in total. The minimum absolute atomic E-state index is 0.120. The van der Waals surface area contributed by atoms with Crippen LogP contribution < -0.4 is 0 Å². The number of hydrogen-bond acceptors (Lipinski definition) is 4. The maximum atomic E-state index is 12.7. The number of nitrogens with zero attached hydrogens (tertiary/aromatic N) is 2. The number of aliphatic carboxylic acids is 1. The van der Waals surface area contributed by atoms with Crippen molar-refractivity contribution in [3.05, 3.63) is 30.0 Å². The number of aromatic nitrogens is 2. The molecule has 0 aliphatic carbocycles. The number of carboxylic acids is 1. The summed E-state index contributed by atoms with van der Waals surface area (Å²) < 4.78 is 5.29. The number of benzene rings is 1. The molecule has 0 saturated carbocycles. The monoisotopic (exact) mass is 289 g/mol. The number of nitrogens with one attached hydrogen (secondary N) is 1. The quantitative estimate of drug-likeness (QED) is 0.874. The first-order valence-corrected chi connectivity index (χ1v) is 6.69. The molecule has 2 aromatic rings. The van der Waals surface area contributed by atoms with Gasteiger partial charge in [-0.25, -0.2) is 0 Å². The highest BCUT2D eigenvalue weighted by atomic mass is 16.5. The summed E-state index contributed by atoms with van der Waals surface area (Å²) >= 11 is 0. The number of rotatable bonds is 3. The highest BCUT2D eigenvalue weighted by molar-refractivity contribution is 6.05. The van der Waals surface area contributed by atoms with Crippen molar-refractivity contribution in [2.45, 2.75) is 12.5 Å². The van der Waals surface area contributed by atoms with Gasteiger partial charge in [-0.3, -0.25) is 14.7 Å². The molecule has 1 aliphatic heterocycles. The number of amides is 1. The molecule has 1 unspecified atom stereocenters. The Hall–Kier alpha value is -2.41. The first-order chi connectivity index (χ1) is 10.2. The van der Waals surface area contributed by atoms with E-state index in [1.165, 1.54) is 0 Å². The summed E-state index contributed by atoms with van der Waals surface area (Å²) in [6.07, 6.45) is 1.53. The number of ether oxygens (including phenoxy) is 1. The Bertz CT molecular complexity index is 682. The molecule has 21 heavy (non-hydrogen) atoms. The Labute approximate surface area is 120 Å². The zero-order valence-corrected chi connectivity index (χ0v) is 11.3. The molecule has 7 heteroatoms. The molecule has 1 amide bonds. The van der Waals surface area contributed by atoms with E-state index in [1.54, 1.807) is 23.2 Å². The number of morpholine rings is 1. The van der Waals surface area contributed by atoms with Crippen LogP contribution in [0.25, 0.3) is 10.9 Å². The Balaban J connectivity index is 1.92. The fourth-order valence-corrected chi connectivity index (χ4v) is 2.59. The SMILES string of the molecule is O=C(O)CC1COCCN1C(=O)c1cccc2cn[nH]c12. The van der Waals surface area contributed by atoms with Gasteiger partial charge in [-0.2, -0.15) is 5.10 Å². The molecule has 1 fully saturated rings. The topological polar surface area (TPSA) is 95.5 Å². The number of carboxylic acid groups (broad SMARTS) is 1. The van der Waals surface area contributed by atoms with Crippen LogP contribution in [0.15, 0.2) is 24.4 Å². The van der Waals surface area contributed by atoms with Gasteiger partial charge in [0.15, 0.2) is 0 Å². The van der Waals surface area contributed by atoms with Crippen LogP contribution in [-0.4, -0.2) is 57.9 Å². The van der Waals surface area contributed by atoms with Crippen molar-refractivity contribution in [3.63, 3.8) is 0 Å². The molecule has 1 atom stereocenters. The van der Waals surface area contributed by atoms with Gasteiger partial charge in [0.2, 0.25) is 0 Å². The average molecular weight is 289 g/mol. The van der Waals surface area contributed by atoms with Crippen LogP contribution in [0.4, 0.5) is 0 Å². The minimum atomic E-state index is -0.942. The summed E-state index contributed by atoms with van der Waals surface area (Å²) in [4.78, 5) is 25.2. The molecule has 1 aromatic heterocycles. The van der Waals surface area contributed by atoms with Gasteiger partial charge in [-0.05, 0) is 6.07 Å². The second-order valence-corrected chi connectivity index (χ2v) is 4.96. The van der Waals surface area contributed by atoms with Crippen molar-refractivity contribution >= 4 is 22.8 Å². The highest BCUT2D eigenvalue weighted by Crippen LogP contribution is 2.20. The van der Waals surface area contributed by atoms with Gasteiger partial charge in [0.05, 0.1) is 43.0 Å². The van der Waals surface area contributed by atoms with Crippen LogP contribution in [-0.2, 0) is 9.53 Å². The molecule has 0 bridgehead atoms. The number of aromatic amines is 1. The lowest BCUT2D eigenvalue weighted by Crippen LogP contribution is -2.49. The Morgan fingerprint density at radius 2 is 2.33 bits per heavy atom.